The van der Waals surface area contributed by atoms with Crippen LogP contribution in [0.25, 0.3) is 0 Å². The van der Waals surface area contributed by atoms with E-state index in [4.69, 9.17) is 9.47 Å². The first-order chi connectivity index (χ1) is 14.9. The highest BCUT2D eigenvalue weighted by atomic mass is 16.6. The van der Waals surface area contributed by atoms with E-state index in [-0.39, 0.29) is 12.2 Å². The van der Waals surface area contributed by atoms with Gasteiger partial charge in [-0.3, -0.25) is 14.2 Å². The van der Waals surface area contributed by atoms with Gasteiger partial charge in [0.1, 0.15) is 24.3 Å². The number of ether oxygens (including phenoxy) is 2. The van der Waals surface area contributed by atoms with Gasteiger partial charge in [0.05, 0.1) is 6.61 Å². The third-order valence-electron chi connectivity index (χ3n) is 4.38. The summed E-state index contributed by atoms with van der Waals surface area (Å²) in [6.45, 7) is 0.749. The fourth-order valence-corrected chi connectivity index (χ4v) is 2.94. The molecule has 10 nitrogen and oxygen atoms in total. The van der Waals surface area contributed by atoms with Gasteiger partial charge < -0.3 is 19.9 Å². The molecule has 0 aliphatic carbocycles. The predicted octanol–water partition coefficient (Wildman–Crippen LogP) is 0.280. The van der Waals surface area contributed by atoms with Crippen molar-refractivity contribution >= 4 is 23.5 Å². The summed E-state index contributed by atoms with van der Waals surface area (Å²) in [6.07, 6.45) is -1.15. The van der Waals surface area contributed by atoms with Crippen molar-refractivity contribution in [3.8, 4) is 11.8 Å². The lowest BCUT2D eigenvalue weighted by Gasteiger charge is -2.15. The first kappa shape index (κ1) is 21.9. The first-order valence-electron chi connectivity index (χ1n) is 9.32. The van der Waals surface area contributed by atoms with Crippen LogP contribution in [0.15, 0.2) is 47.4 Å². The minimum Gasteiger partial charge on any atom is -0.450 e. The molecule has 2 N–H and O–H groups in total. The minimum atomic E-state index is -0.938. The lowest BCUT2D eigenvalue weighted by Crippen LogP contribution is -2.29. The van der Waals surface area contributed by atoms with Crippen LogP contribution in [-0.4, -0.2) is 51.1 Å². The van der Waals surface area contributed by atoms with Crippen LogP contribution in [0.4, 0.5) is 5.82 Å². The van der Waals surface area contributed by atoms with E-state index in [1.165, 1.54) is 19.2 Å². The van der Waals surface area contributed by atoms with Gasteiger partial charge in [0, 0.05) is 31.0 Å². The van der Waals surface area contributed by atoms with Crippen molar-refractivity contribution in [1.29, 1.82) is 0 Å². The van der Waals surface area contributed by atoms with Crippen LogP contribution in [0.5, 0.6) is 0 Å². The van der Waals surface area contributed by atoms with E-state index in [1.54, 1.807) is 30.3 Å². The summed E-state index contributed by atoms with van der Waals surface area (Å²) in [7, 11) is 0. The Kier molecular flexibility index (Phi) is 6.92. The first-order valence-corrected chi connectivity index (χ1v) is 9.32. The molecule has 2 aromatic rings. The quantitative estimate of drug-likeness (QED) is 0.302. The van der Waals surface area contributed by atoms with Gasteiger partial charge in [-0.15, -0.1) is 0 Å². The molecule has 160 valence electrons. The van der Waals surface area contributed by atoms with E-state index >= 15 is 0 Å². The molecular weight excluding hydrogens is 406 g/mol. The van der Waals surface area contributed by atoms with Crippen molar-refractivity contribution in [2.75, 3.05) is 11.9 Å². The molecule has 1 aromatic carbocycles. The smallest absolute Gasteiger partial charge is 0.385 e. The molecule has 0 unspecified atom stereocenters. The van der Waals surface area contributed by atoms with Crippen LogP contribution in [0.2, 0.25) is 0 Å². The topological polar surface area (TPSA) is 137 Å². The Labute approximate surface area is 176 Å². The summed E-state index contributed by atoms with van der Waals surface area (Å²) in [5.41, 5.74) is -0.285. The number of carbonyl (C=O) groups excluding carboxylic acids is 3. The number of nitrogens with one attached hydrogen (secondary N) is 1. The molecule has 1 aliphatic rings. The molecule has 1 aromatic heterocycles. The number of aromatic nitrogens is 2. The third-order valence-corrected chi connectivity index (χ3v) is 4.38. The fraction of sp³-hybridized carbons (Fsp3) is 0.286. The van der Waals surface area contributed by atoms with E-state index in [0.29, 0.717) is 5.56 Å². The second-order valence-electron chi connectivity index (χ2n) is 6.62. The number of amides is 1. The maximum absolute atomic E-state index is 12.4. The summed E-state index contributed by atoms with van der Waals surface area (Å²) in [5, 5.41) is 12.0. The number of esters is 1. The summed E-state index contributed by atoms with van der Waals surface area (Å²) in [5.74, 6) is 2.33. The monoisotopic (exact) mass is 425 g/mol. The van der Waals surface area contributed by atoms with Crippen LogP contribution >= 0.6 is 0 Å². The summed E-state index contributed by atoms with van der Waals surface area (Å²) in [4.78, 5) is 51.0. The Morgan fingerprint density at radius 2 is 2.00 bits per heavy atom. The van der Waals surface area contributed by atoms with Crippen LogP contribution in [-0.2, 0) is 19.1 Å². The number of rotatable bonds is 5. The van der Waals surface area contributed by atoms with Crippen LogP contribution in [0.1, 0.15) is 29.9 Å². The molecule has 1 fully saturated rings. The van der Waals surface area contributed by atoms with Crippen LogP contribution in [0, 0.1) is 11.8 Å². The van der Waals surface area contributed by atoms with Crippen molar-refractivity contribution in [2.45, 2.75) is 31.8 Å². The number of anilines is 1. The Morgan fingerprint density at radius 3 is 2.65 bits per heavy atom. The lowest BCUT2D eigenvalue weighted by atomic mass is 10.2. The van der Waals surface area contributed by atoms with Crippen LogP contribution in [0.3, 0.4) is 0 Å². The van der Waals surface area contributed by atoms with E-state index in [2.05, 4.69) is 16.2 Å². The highest BCUT2D eigenvalue weighted by Crippen LogP contribution is 2.29. The van der Waals surface area contributed by atoms with Crippen molar-refractivity contribution in [3.05, 3.63) is 58.6 Å². The second kappa shape index (κ2) is 9.80. The van der Waals surface area contributed by atoms with E-state index < -0.39 is 48.4 Å². The van der Waals surface area contributed by atoms with Gasteiger partial charge in [-0.05, 0) is 24.1 Å². The SMILES string of the molecule is CC(=O)C#CC(=O)O[C@H]1C[C@H](n2ccc(NC(=O)c3ccccc3)nc2=O)O[C@@H]1CO. The summed E-state index contributed by atoms with van der Waals surface area (Å²) in [6, 6.07) is 9.88. The molecule has 0 saturated carbocycles. The number of benzene rings is 1. The van der Waals surface area contributed by atoms with Gasteiger partial charge >= 0.3 is 11.7 Å². The molecular formula is C21H19N3O7. The van der Waals surface area contributed by atoms with Crippen molar-refractivity contribution in [1.82, 2.24) is 9.55 Å². The minimum absolute atomic E-state index is 0.0642. The molecule has 0 bridgehead atoms. The fourth-order valence-electron chi connectivity index (χ4n) is 2.94. The Morgan fingerprint density at radius 1 is 1.26 bits per heavy atom. The molecule has 0 radical (unpaired) electrons. The number of aliphatic hydroxyl groups excluding tert-OH is 1. The average Bonchev–Trinajstić information content (AvgIpc) is 3.15. The highest BCUT2D eigenvalue weighted by molar-refractivity contribution is 6.03. The van der Waals surface area contributed by atoms with Gasteiger partial charge in [0.25, 0.3) is 5.91 Å². The standard InChI is InChI=1S/C21H19N3O7/c1-13(26)7-8-19(27)31-15-11-18(30-16(15)12-25)24-10-9-17(23-21(24)29)22-20(28)14-5-3-2-4-6-14/h2-6,9-10,15-16,18,25H,11-12H2,1H3,(H,22,23,28,29)/t15-,16+,18+/m0/s1. The zero-order valence-electron chi connectivity index (χ0n) is 16.5. The molecule has 1 amide bonds. The van der Waals surface area contributed by atoms with E-state index in [1.807, 2.05) is 5.92 Å². The van der Waals surface area contributed by atoms with Gasteiger partial charge in [-0.1, -0.05) is 18.2 Å². The summed E-state index contributed by atoms with van der Waals surface area (Å²) < 4.78 is 11.9. The van der Waals surface area contributed by atoms with Gasteiger partial charge in [0.2, 0.25) is 5.78 Å². The maximum atomic E-state index is 12.4. The van der Waals surface area contributed by atoms with Gasteiger partial charge in [-0.25, -0.2) is 9.59 Å². The molecule has 2 heterocycles. The summed E-state index contributed by atoms with van der Waals surface area (Å²) >= 11 is 0. The zero-order valence-corrected chi connectivity index (χ0v) is 16.5. The third kappa shape index (κ3) is 5.63. The lowest BCUT2D eigenvalue weighted by molar-refractivity contribution is -0.146. The number of hydrogen-bond donors (Lipinski definition) is 2. The molecule has 1 aliphatic heterocycles. The Balaban J connectivity index is 1.69. The molecule has 1 saturated heterocycles. The molecule has 0 spiro atoms. The van der Waals surface area contributed by atoms with Gasteiger partial charge in [0.15, 0.2) is 0 Å². The van der Waals surface area contributed by atoms with E-state index in [0.717, 1.165) is 4.57 Å². The molecule has 3 rings (SSSR count). The number of ketones is 1. The number of hydrogen-bond acceptors (Lipinski definition) is 8. The molecule has 3 atom stereocenters. The number of Topliss-reactive ketones (excluding diaryl/α,β-unsaturated/α-hetero) is 1. The van der Waals surface area contributed by atoms with Gasteiger partial charge in [-0.2, -0.15) is 4.98 Å². The average molecular weight is 425 g/mol. The highest BCUT2D eigenvalue weighted by Gasteiger charge is 2.38. The van der Waals surface area contributed by atoms with Crippen LogP contribution < -0.4 is 11.0 Å². The van der Waals surface area contributed by atoms with Crippen molar-refractivity contribution in [3.63, 3.8) is 0 Å². The zero-order chi connectivity index (χ0) is 22.4. The second-order valence-corrected chi connectivity index (χ2v) is 6.62. The number of aliphatic hydroxyl groups is 1. The number of carbonyl (C=O) groups is 3. The number of nitrogens with zero attached hydrogens (tertiary/aromatic N) is 2. The molecule has 31 heavy (non-hydrogen) atoms. The predicted molar refractivity (Wildman–Crippen MR) is 107 cm³/mol. The Hall–Kier alpha value is -3.81. The normalized spacial score (nSPS) is 19.7. The van der Waals surface area contributed by atoms with Crippen molar-refractivity contribution in [2.24, 2.45) is 0 Å². The molecule has 10 heteroatoms. The van der Waals surface area contributed by atoms with Crippen molar-refractivity contribution < 1.29 is 29.0 Å². The Bertz CT molecular complexity index is 1100. The van der Waals surface area contributed by atoms with E-state index in [9.17, 15) is 24.3 Å². The maximum Gasteiger partial charge on any atom is 0.385 e. The largest absolute Gasteiger partial charge is 0.450 e.